The number of methoxy groups -OCH3 is 1. The first-order valence-corrected chi connectivity index (χ1v) is 9.60. The van der Waals surface area contributed by atoms with Crippen LogP contribution in [0, 0.1) is 24.7 Å². The van der Waals surface area contributed by atoms with Gasteiger partial charge in [-0.25, -0.2) is 0 Å². The largest absolute Gasteiger partial charge is 0.471 e. The molecule has 0 saturated heterocycles. The zero-order valence-corrected chi connectivity index (χ0v) is 18.2. The van der Waals surface area contributed by atoms with Gasteiger partial charge in [0.2, 0.25) is 11.2 Å². The highest BCUT2D eigenvalue weighted by molar-refractivity contribution is 5.95. The lowest BCUT2D eigenvalue weighted by Gasteiger charge is -2.26. The molecule has 3 aromatic rings. The highest BCUT2D eigenvalue weighted by atomic mass is 16.7. The number of hydrogen-bond donors (Lipinski definition) is 0. The normalized spacial score (nSPS) is 11.7. The number of fused-ring (bicyclic) bond motifs is 2. The summed E-state index contributed by atoms with van der Waals surface area (Å²) in [6, 6.07) is 8.29. The van der Waals surface area contributed by atoms with Crippen molar-refractivity contribution in [2.24, 2.45) is 0 Å². The van der Waals surface area contributed by atoms with Crippen LogP contribution in [0.3, 0.4) is 0 Å². The third kappa shape index (κ3) is 4.45. The van der Waals surface area contributed by atoms with Gasteiger partial charge in [-0.1, -0.05) is 17.9 Å². The molecule has 0 spiro atoms. The summed E-state index contributed by atoms with van der Waals surface area (Å²) in [5, 5.41) is 0.672. The van der Waals surface area contributed by atoms with E-state index in [4.69, 9.17) is 36.2 Å². The van der Waals surface area contributed by atoms with E-state index in [0.29, 0.717) is 22.3 Å². The third-order valence-corrected chi connectivity index (χ3v) is 4.50. The Balaban J connectivity index is 2.37. The molecule has 6 nitrogen and oxygen atoms in total. The molecule has 0 saturated carbocycles. The standard InChI is InChI=1S/C25H24O6/c1-8-24(3,4)30-19-14-13-17-20(26)16-11-10-12-18(28-15-27-7)21(16)29-22(17)23(19)31-25(5,6)9-2/h1-2,10-14H,15H2,3-7H3. The van der Waals surface area contributed by atoms with Crippen molar-refractivity contribution in [3.05, 3.63) is 40.6 Å². The molecule has 0 atom stereocenters. The predicted octanol–water partition coefficient (Wildman–Crippen LogP) is 4.51. The average Bonchev–Trinajstić information content (AvgIpc) is 2.74. The maximum absolute atomic E-state index is 13.2. The molecule has 3 rings (SSSR count). The highest BCUT2D eigenvalue weighted by Gasteiger charge is 2.27. The van der Waals surface area contributed by atoms with Crippen LogP contribution in [0.15, 0.2) is 39.5 Å². The van der Waals surface area contributed by atoms with Crippen LogP contribution in [0.2, 0.25) is 0 Å². The van der Waals surface area contributed by atoms with Gasteiger partial charge in [-0.05, 0) is 52.0 Å². The summed E-state index contributed by atoms with van der Waals surface area (Å²) in [7, 11) is 1.50. The molecule has 1 heterocycles. The molecule has 0 radical (unpaired) electrons. The number of hydrogen-bond acceptors (Lipinski definition) is 6. The van der Waals surface area contributed by atoms with E-state index in [9.17, 15) is 4.79 Å². The zero-order chi connectivity index (χ0) is 22.8. The van der Waals surface area contributed by atoms with Crippen molar-refractivity contribution in [2.75, 3.05) is 13.9 Å². The van der Waals surface area contributed by atoms with Crippen molar-refractivity contribution in [3.63, 3.8) is 0 Å². The van der Waals surface area contributed by atoms with Crippen molar-refractivity contribution in [1.29, 1.82) is 0 Å². The number of benzene rings is 2. The minimum atomic E-state index is -1.01. The van der Waals surface area contributed by atoms with Gasteiger partial charge in [-0.3, -0.25) is 4.79 Å². The van der Waals surface area contributed by atoms with Gasteiger partial charge in [0.05, 0.1) is 10.8 Å². The molecule has 0 aliphatic carbocycles. The van der Waals surface area contributed by atoms with E-state index in [-0.39, 0.29) is 29.1 Å². The Hall–Kier alpha value is -3.61. The fourth-order valence-corrected chi connectivity index (χ4v) is 2.87. The fourth-order valence-electron chi connectivity index (χ4n) is 2.87. The van der Waals surface area contributed by atoms with E-state index >= 15 is 0 Å². The van der Waals surface area contributed by atoms with Gasteiger partial charge in [0.15, 0.2) is 40.7 Å². The summed E-state index contributed by atoms with van der Waals surface area (Å²) in [6.45, 7) is 6.90. The Labute approximate surface area is 181 Å². The zero-order valence-electron chi connectivity index (χ0n) is 18.2. The molecule has 0 fully saturated rings. The maximum Gasteiger partial charge on any atom is 0.206 e. The number of terminal acetylenes is 2. The summed E-state index contributed by atoms with van der Waals surface area (Å²) < 4.78 is 28.8. The Morgan fingerprint density at radius 2 is 1.55 bits per heavy atom. The monoisotopic (exact) mass is 420 g/mol. The van der Waals surface area contributed by atoms with E-state index in [1.165, 1.54) is 7.11 Å². The molecule has 1 aromatic heterocycles. The molecule has 31 heavy (non-hydrogen) atoms. The number of para-hydroxylation sites is 1. The van der Waals surface area contributed by atoms with Crippen LogP contribution in [-0.2, 0) is 4.74 Å². The van der Waals surface area contributed by atoms with Crippen molar-refractivity contribution < 1.29 is 23.4 Å². The van der Waals surface area contributed by atoms with Gasteiger partial charge in [0.25, 0.3) is 0 Å². The fraction of sp³-hybridized carbons (Fsp3) is 0.320. The van der Waals surface area contributed by atoms with Crippen LogP contribution in [-0.4, -0.2) is 25.1 Å². The first-order valence-electron chi connectivity index (χ1n) is 9.60. The highest BCUT2D eigenvalue weighted by Crippen LogP contribution is 2.40. The van der Waals surface area contributed by atoms with Crippen LogP contribution in [0.5, 0.6) is 17.2 Å². The van der Waals surface area contributed by atoms with E-state index in [1.54, 1.807) is 58.0 Å². The van der Waals surface area contributed by atoms with Crippen molar-refractivity contribution in [1.82, 2.24) is 0 Å². The molecule has 0 aliphatic rings. The van der Waals surface area contributed by atoms with Crippen LogP contribution in [0.1, 0.15) is 27.7 Å². The average molecular weight is 420 g/mol. The third-order valence-electron chi connectivity index (χ3n) is 4.50. The van der Waals surface area contributed by atoms with Gasteiger partial charge in [0.1, 0.15) is 0 Å². The molecular formula is C25H24O6. The van der Waals surface area contributed by atoms with Gasteiger partial charge in [-0.2, -0.15) is 0 Å². The van der Waals surface area contributed by atoms with Gasteiger partial charge >= 0.3 is 0 Å². The minimum Gasteiger partial charge on any atom is -0.471 e. The van der Waals surface area contributed by atoms with Crippen LogP contribution in [0.25, 0.3) is 21.9 Å². The second-order valence-corrected chi connectivity index (χ2v) is 7.90. The number of ether oxygens (including phenoxy) is 4. The van der Waals surface area contributed by atoms with E-state index < -0.39 is 11.2 Å². The molecule has 0 N–H and O–H groups in total. The molecule has 160 valence electrons. The second kappa shape index (κ2) is 8.26. The molecule has 2 aromatic carbocycles. The Bertz CT molecular complexity index is 1270. The van der Waals surface area contributed by atoms with Crippen LogP contribution >= 0.6 is 0 Å². The Morgan fingerprint density at radius 3 is 2.19 bits per heavy atom. The summed E-state index contributed by atoms with van der Waals surface area (Å²) >= 11 is 0. The van der Waals surface area contributed by atoms with Crippen molar-refractivity contribution >= 4 is 21.9 Å². The summed E-state index contributed by atoms with van der Waals surface area (Å²) in [5.41, 5.74) is -1.75. The second-order valence-electron chi connectivity index (χ2n) is 7.90. The summed E-state index contributed by atoms with van der Waals surface area (Å²) in [5.74, 6) is 5.99. The quantitative estimate of drug-likeness (QED) is 0.318. The van der Waals surface area contributed by atoms with E-state index in [0.717, 1.165) is 0 Å². The van der Waals surface area contributed by atoms with Crippen molar-refractivity contribution in [3.8, 4) is 41.9 Å². The molecule has 0 aliphatic heterocycles. The molecule has 0 amide bonds. The lowest BCUT2D eigenvalue weighted by atomic mass is 10.1. The maximum atomic E-state index is 13.2. The molecule has 0 bridgehead atoms. The first kappa shape index (κ1) is 22.1. The lowest BCUT2D eigenvalue weighted by molar-refractivity contribution is 0.0515. The van der Waals surface area contributed by atoms with Crippen LogP contribution in [0.4, 0.5) is 0 Å². The Morgan fingerprint density at radius 1 is 0.903 bits per heavy atom. The molecule has 0 unspecified atom stereocenters. The predicted molar refractivity (Wildman–Crippen MR) is 120 cm³/mol. The van der Waals surface area contributed by atoms with Gasteiger partial charge in [0, 0.05) is 7.11 Å². The van der Waals surface area contributed by atoms with Gasteiger partial charge in [-0.15, -0.1) is 12.8 Å². The molecule has 6 heteroatoms. The van der Waals surface area contributed by atoms with E-state index in [2.05, 4.69) is 11.8 Å². The van der Waals surface area contributed by atoms with Crippen molar-refractivity contribution in [2.45, 2.75) is 38.9 Å². The number of rotatable bonds is 7. The Kier molecular flexibility index (Phi) is 5.88. The van der Waals surface area contributed by atoms with Crippen LogP contribution < -0.4 is 19.6 Å². The topological polar surface area (TPSA) is 67.1 Å². The minimum absolute atomic E-state index is 0.00610. The molecular weight excluding hydrogens is 396 g/mol. The first-order chi connectivity index (χ1) is 14.6. The van der Waals surface area contributed by atoms with Gasteiger partial charge < -0.3 is 23.4 Å². The van der Waals surface area contributed by atoms with E-state index in [1.807, 2.05) is 0 Å². The smallest absolute Gasteiger partial charge is 0.206 e. The summed E-state index contributed by atoms with van der Waals surface area (Å²) in [6.07, 6.45) is 11.2. The lowest BCUT2D eigenvalue weighted by Crippen LogP contribution is -2.29. The SMILES string of the molecule is C#CC(C)(C)Oc1ccc2c(=O)c3cccc(OCOC)c3oc2c1OC(C)(C)C#C. The summed E-state index contributed by atoms with van der Waals surface area (Å²) in [4.78, 5) is 13.2.